The summed E-state index contributed by atoms with van der Waals surface area (Å²) in [4.78, 5) is 11.9. The van der Waals surface area contributed by atoms with E-state index in [1.165, 1.54) is 18.9 Å². The highest BCUT2D eigenvalue weighted by Crippen LogP contribution is 2.41. The molecule has 0 heterocycles. The average molecular weight is 256 g/mol. The Morgan fingerprint density at radius 1 is 1.29 bits per heavy atom. The largest absolute Gasteiger partial charge is 0.496 e. The molecule has 0 aliphatic carbocycles. The molecule has 0 bridgehead atoms. The smallest absolute Gasteiger partial charge is 0.310 e. The van der Waals surface area contributed by atoms with Gasteiger partial charge in [0, 0.05) is 5.56 Å². The van der Waals surface area contributed by atoms with E-state index in [4.69, 9.17) is 14.6 Å². The van der Waals surface area contributed by atoms with E-state index in [1.54, 1.807) is 26.2 Å². The molecule has 1 aromatic carbocycles. The van der Waals surface area contributed by atoms with Crippen LogP contribution in [-0.4, -0.2) is 31.6 Å². The van der Waals surface area contributed by atoms with Crippen molar-refractivity contribution in [2.45, 2.75) is 17.7 Å². The van der Waals surface area contributed by atoms with E-state index in [1.807, 2.05) is 6.26 Å². The Hall–Kier alpha value is -1.36. The molecule has 4 nitrogen and oxygen atoms in total. The van der Waals surface area contributed by atoms with Crippen LogP contribution in [0.4, 0.5) is 0 Å². The van der Waals surface area contributed by atoms with E-state index in [2.05, 4.69) is 0 Å². The quantitative estimate of drug-likeness (QED) is 0.821. The number of carboxylic acids is 1. The van der Waals surface area contributed by atoms with Crippen molar-refractivity contribution in [2.24, 2.45) is 0 Å². The molecule has 1 aromatic rings. The molecule has 0 radical (unpaired) electrons. The first-order chi connectivity index (χ1) is 8.06. The predicted molar refractivity (Wildman–Crippen MR) is 67.4 cm³/mol. The summed E-state index contributed by atoms with van der Waals surface area (Å²) in [5, 5.41) is 9.13. The Balaban J connectivity index is 3.44. The molecule has 17 heavy (non-hydrogen) atoms. The van der Waals surface area contributed by atoms with E-state index < -0.39 is 11.9 Å². The van der Waals surface area contributed by atoms with Gasteiger partial charge in [0.2, 0.25) is 0 Å². The summed E-state index contributed by atoms with van der Waals surface area (Å²) in [6, 6.07) is 3.51. The van der Waals surface area contributed by atoms with Crippen LogP contribution < -0.4 is 9.47 Å². The van der Waals surface area contributed by atoms with Crippen molar-refractivity contribution in [3.05, 3.63) is 17.7 Å². The number of hydrogen-bond donors (Lipinski definition) is 1. The van der Waals surface area contributed by atoms with E-state index >= 15 is 0 Å². The van der Waals surface area contributed by atoms with Crippen LogP contribution in [0.15, 0.2) is 17.0 Å². The van der Waals surface area contributed by atoms with Crippen LogP contribution in [0.3, 0.4) is 0 Å². The number of hydrogen-bond acceptors (Lipinski definition) is 4. The maximum Gasteiger partial charge on any atom is 0.310 e. The van der Waals surface area contributed by atoms with Gasteiger partial charge in [-0.1, -0.05) is 0 Å². The first kappa shape index (κ1) is 13.7. The van der Waals surface area contributed by atoms with Gasteiger partial charge in [0.1, 0.15) is 11.5 Å². The van der Waals surface area contributed by atoms with Crippen LogP contribution in [0, 0.1) is 0 Å². The van der Waals surface area contributed by atoms with Crippen molar-refractivity contribution >= 4 is 17.7 Å². The average Bonchev–Trinajstić information content (AvgIpc) is 2.35. The van der Waals surface area contributed by atoms with Crippen molar-refractivity contribution < 1.29 is 19.4 Å². The van der Waals surface area contributed by atoms with E-state index in [0.717, 1.165) is 4.90 Å². The molecule has 1 atom stereocenters. The first-order valence-corrected chi connectivity index (χ1v) is 6.30. The standard InChI is InChI=1S/C12H16O4S/c1-7(12(13)14)10-8(15-2)5-6-9(16-3)11(10)17-4/h5-7H,1-4H3,(H,13,14). The Bertz CT molecular complexity index is 417. The molecule has 5 heteroatoms. The Labute approximate surface area is 105 Å². The molecule has 1 unspecified atom stereocenters. The van der Waals surface area contributed by atoms with Crippen molar-refractivity contribution in [1.29, 1.82) is 0 Å². The minimum absolute atomic E-state index is 0.574. The molecule has 1 N–H and O–H groups in total. The molecule has 0 saturated heterocycles. The zero-order valence-electron chi connectivity index (χ0n) is 10.3. The zero-order valence-corrected chi connectivity index (χ0v) is 11.1. The maximum absolute atomic E-state index is 11.1. The van der Waals surface area contributed by atoms with Crippen LogP contribution in [0.25, 0.3) is 0 Å². The van der Waals surface area contributed by atoms with E-state index in [-0.39, 0.29) is 0 Å². The summed E-state index contributed by atoms with van der Waals surface area (Å²) in [7, 11) is 3.10. The zero-order chi connectivity index (χ0) is 13.0. The van der Waals surface area contributed by atoms with Gasteiger partial charge in [-0.15, -0.1) is 11.8 Å². The van der Waals surface area contributed by atoms with Gasteiger partial charge >= 0.3 is 5.97 Å². The molecule has 0 aromatic heterocycles. The topological polar surface area (TPSA) is 55.8 Å². The van der Waals surface area contributed by atoms with E-state index in [9.17, 15) is 4.79 Å². The van der Waals surface area contributed by atoms with Gasteiger partial charge in [0.25, 0.3) is 0 Å². The van der Waals surface area contributed by atoms with Crippen LogP contribution in [-0.2, 0) is 4.79 Å². The molecular weight excluding hydrogens is 240 g/mol. The fraction of sp³-hybridized carbons (Fsp3) is 0.417. The second kappa shape index (κ2) is 5.82. The lowest BCUT2D eigenvalue weighted by Gasteiger charge is -2.18. The molecule has 0 spiro atoms. The number of thioether (sulfide) groups is 1. The van der Waals surface area contributed by atoms with Crippen molar-refractivity contribution in [2.75, 3.05) is 20.5 Å². The Morgan fingerprint density at radius 3 is 2.24 bits per heavy atom. The summed E-state index contributed by atoms with van der Waals surface area (Å²) < 4.78 is 10.5. The highest BCUT2D eigenvalue weighted by atomic mass is 32.2. The van der Waals surface area contributed by atoms with E-state index in [0.29, 0.717) is 17.1 Å². The van der Waals surface area contributed by atoms with Gasteiger partial charge in [0.15, 0.2) is 0 Å². The highest BCUT2D eigenvalue weighted by molar-refractivity contribution is 7.98. The second-order valence-electron chi connectivity index (χ2n) is 3.48. The van der Waals surface area contributed by atoms with Crippen LogP contribution in [0.2, 0.25) is 0 Å². The molecule has 1 rings (SSSR count). The SMILES string of the molecule is COc1ccc(OC)c(C(C)C(=O)O)c1SC. The fourth-order valence-corrected chi connectivity index (χ4v) is 2.49. The summed E-state index contributed by atoms with van der Waals surface area (Å²) >= 11 is 1.45. The summed E-state index contributed by atoms with van der Waals surface area (Å²) in [5.41, 5.74) is 0.659. The Morgan fingerprint density at radius 2 is 1.82 bits per heavy atom. The minimum atomic E-state index is -0.883. The number of benzene rings is 1. The van der Waals surface area contributed by atoms with Gasteiger partial charge in [-0.2, -0.15) is 0 Å². The number of ether oxygens (including phenoxy) is 2. The summed E-state index contributed by atoms with van der Waals surface area (Å²) in [6.07, 6.45) is 1.88. The maximum atomic E-state index is 11.1. The van der Waals surface area contributed by atoms with Crippen molar-refractivity contribution in [3.63, 3.8) is 0 Å². The third-order valence-corrected chi connectivity index (χ3v) is 3.40. The number of aliphatic carboxylic acids is 1. The summed E-state index contributed by atoms with van der Waals surface area (Å²) in [6.45, 7) is 1.64. The lowest BCUT2D eigenvalue weighted by atomic mass is 10.00. The molecule has 0 aliphatic heterocycles. The third-order valence-electron chi connectivity index (χ3n) is 2.57. The molecule has 0 aliphatic rings. The van der Waals surface area contributed by atoms with Gasteiger partial charge in [-0.05, 0) is 25.3 Å². The monoisotopic (exact) mass is 256 g/mol. The van der Waals surface area contributed by atoms with Crippen LogP contribution in [0.5, 0.6) is 11.5 Å². The third kappa shape index (κ3) is 2.66. The lowest BCUT2D eigenvalue weighted by molar-refractivity contribution is -0.138. The van der Waals surface area contributed by atoms with Crippen molar-refractivity contribution in [1.82, 2.24) is 0 Å². The van der Waals surface area contributed by atoms with Gasteiger partial charge < -0.3 is 14.6 Å². The normalized spacial score (nSPS) is 12.0. The number of methoxy groups -OCH3 is 2. The molecule has 0 saturated carbocycles. The van der Waals surface area contributed by atoms with Crippen LogP contribution >= 0.6 is 11.8 Å². The molecular formula is C12H16O4S. The predicted octanol–water partition coefficient (Wildman–Crippen LogP) is 2.61. The van der Waals surface area contributed by atoms with Crippen LogP contribution in [0.1, 0.15) is 18.4 Å². The summed E-state index contributed by atoms with van der Waals surface area (Å²) in [5.74, 6) is -0.277. The Kier molecular flexibility index (Phi) is 4.69. The van der Waals surface area contributed by atoms with Gasteiger partial charge in [0.05, 0.1) is 25.0 Å². The number of rotatable bonds is 5. The molecule has 0 amide bonds. The first-order valence-electron chi connectivity index (χ1n) is 5.08. The molecule has 94 valence electrons. The highest BCUT2D eigenvalue weighted by Gasteiger charge is 2.24. The van der Waals surface area contributed by atoms with Gasteiger partial charge in [-0.25, -0.2) is 0 Å². The fourth-order valence-electron chi connectivity index (χ4n) is 1.64. The lowest BCUT2D eigenvalue weighted by Crippen LogP contribution is -2.10. The second-order valence-corrected chi connectivity index (χ2v) is 4.29. The minimum Gasteiger partial charge on any atom is -0.496 e. The number of carbonyl (C=O) groups is 1. The molecule has 0 fully saturated rings. The van der Waals surface area contributed by atoms with Gasteiger partial charge in [-0.3, -0.25) is 4.79 Å². The van der Waals surface area contributed by atoms with Crippen molar-refractivity contribution in [3.8, 4) is 11.5 Å². The number of carboxylic acid groups (broad SMARTS) is 1.